The summed E-state index contributed by atoms with van der Waals surface area (Å²) < 4.78 is 11.6. The monoisotopic (exact) mass is 367 g/mol. The van der Waals surface area contributed by atoms with E-state index in [-0.39, 0.29) is 11.5 Å². The van der Waals surface area contributed by atoms with E-state index in [4.69, 9.17) is 9.47 Å². The molecule has 2 aromatic rings. The van der Waals surface area contributed by atoms with Gasteiger partial charge in [-0.25, -0.2) is 4.98 Å². The molecule has 6 nitrogen and oxygen atoms in total. The number of carbonyl (C=O) groups excluding carboxylic acids is 1. The summed E-state index contributed by atoms with van der Waals surface area (Å²) in [6.07, 6.45) is 3.43. The van der Waals surface area contributed by atoms with Crippen LogP contribution in [0.1, 0.15) is 28.8 Å². The van der Waals surface area contributed by atoms with E-state index in [1.165, 1.54) is 5.56 Å². The summed E-state index contributed by atoms with van der Waals surface area (Å²) in [5.41, 5.74) is 1.46. The molecule has 1 fully saturated rings. The number of fused-ring (bicyclic) bond motifs is 1. The number of hydrogen-bond donors (Lipinski definition) is 0. The fourth-order valence-corrected chi connectivity index (χ4v) is 3.95. The quantitative estimate of drug-likeness (QED) is 0.835. The number of methoxy groups -OCH3 is 1. The van der Waals surface area contributed by atoms with Crippen LogP contribution in [-0.4, -0.2) is 60.1 Å². The number of pyridine rings is 1. The highest BCUT2D eigenvalue weighted by Crippen LogP contribution is 2.34. The van der Waals surface area contributed by atoms with Gasteiger partial charge in [0.2, 0.25) is 5.88 Å². The molecule has 1 saturated heterocycles. The number of ether oxygens (including phenoxy) is 2. The maximum atomic E-state index is 12.6. The molecule has 1 amide bonds. The fourth-order valence-electron chi connectivity index (χ4n) is 3.95. The van der Waals surface area contributed by atoms with E-state index in [1.807, 2.05) is 19.2 Å². The summed E-state index contributed by atoms with van der Waals surface area (Å²) in [5.74, 6) is 1.33. The third-order valence-electron chi connectivity index (χ3n) is 5.52. The van der Waals surface area contributed by atoms with Crippen molar-refractivity contribution in [3.05, 3.63) is 53.7 Å². The highest BCUT2D eigenvalue weighted by Gasteiger charge is 2.42. The summed E-state index contributed by atoms with van der Waals surface area (Å²) in [7, 11) is 3.53. The molecule has 0 radical (unpaired) electrons. The van der Waals surface area contributed by atoms with Gasteiger partial charge in [-0.1, -0.05) is 12.1 Å². The zero-order valence-corrected chi connectivity index (χ0v) is 15.9. The van der Waals surface area contributed by atoms with E-state index >= 15 is 0 Å². The van der Waals surface area contributed by atoms with Gasteiger partial charge in [0.1, 0.15) is 16.9 Å². The second kappa shape index (κ2) is 7.19. The highest BCUT2D eigenvalue weighted by atomic mass is 16.5. The van der Waals surface area contributed by atoms with E-state index < -0.39 is 0 Å². The first-order chi connectivity index (χ1) is 13.1. The fraction of sp³-hybridized carbons (Fsp3) is 0.429. The number of rotatable bonds is 3. The normalized spacial score (nSPS) is 19.3. The van der Waals surface area contributed by atoms with Gasteiger partial charge in [-0.3, -0.25) is 9.69 Å². The minimum absolute atomic E-state index is 0.0179. The third kappa shape index (κ3) is 3.62. The van der Waals surface area contributed by atoms with E-state index in [0.717, 1.165) is 38.2 Å². The van der Waals surface area contributed by atoms with Crippen molar-refractivity contribution in [1.82, 2.24) is 14.8 Å². The number of piperidine rings is 1. The van der Waals surface area contributed by atoms with Crippen LogP contribution in [0, 0.1) is 0 Å². The molecule has 27 heavy (non-hydrogen) atoms. The van der Waals surface area contributed by atoms with Crippen molar-refractivity contribution in [3.8, 4) is 11.6 Å². The molecule has 4 rings (SSSR count). The Hall–Kier alpha value is -2.60. The molecule has 0 bridgehead atoms. The van der Waals surface area contributed by atoms with Crippen molar-refractivity contribution in [2.45, 2.75) is 25.0 Å². The number of benzene rings is 1. The second-order valence-electron chi connectivity index (χ2n) is 7.43. The van der Waals surface area contributed by atoms with Crippen molar-refractivity contribution in [3.63, 3.8) is 0 Å². The number of hydrogen-bond acceptors (Lipinski definition) is 5. The molecule has 0 unspecified atom stereocenters. The van der Waals surface area contributed by atoms with Gasteiger partial charge in [0.05, 0.1) is 13.7 Å². The molecule has 6 heteroatoms. The lowest BCUT2D eigenvalue weighted by Gasteiger charge is -2.42. The molecule has 2 aliphatic rings. The van der Waals surface area contributed by atoms with E-state index in [9.17, 15) is 4.79 Å². The van der Waals surface area contributed by atoms with Crippen LogP contribution in [0.4, 0.5) is 0 Å². The average molecular weight is 367 g/mol. The Morgan fingerprint density at radius 1 is 1.19 bits per heavy atom. The molecule has 1 aromatic heterocycles. The molecular weight excluding hydrogens is 342 g/mol. The number of amides is 1. The first-order valence-corrected chi connectivity index (χ1v) is 9.33. The van der Waals surface area contributed by atoms with Crippen molar-refractivity contribution in [2.75, 3.05) is 33.8 Å². The first-order valence-electron chi connectivity index (χ1n) is 9.33. The molecule has 3 heterocycles. The predicted octanol–water partition coefficient (Wildman–Crippen LogP) is 2.59. The van der Waals surface area contributed by atoms with Gasteiger partial charge < -0.3 is 14.4 Å². The van der Waals surface area contributed by atoms with Crippen LogP contribution < -0.4 is 9.47 Å². The molecule has 0 atom stereocenters. The van der Waals surface area contributed by atoms with Gasteiger partial charge in [0, 0.05) is 45.7 Å². The summed E-state index contributed by atoms with van der Waals surface area (Å²) in [5, 5.41) is 0. The van der Waals surface area contributed by atoms with Crippen LogP contribution in [-0.2, 0) is 6.54 Å². The lowest BCUT2D eigenvalue weighted by atomic mass is 9.90. The van der Waals surface area contributed by atoms with Crippen LogP contribution in [0.3, 0.4) is 0 Å². The van der Waals surface area contributed by atoms with Gasteiger partial charge >= 0.3 is 0 Å². The smallest absolute Gasteiger partial charge is 0.259 e. The number of likely N-dealkylation sites (tertiary alicyclic amines) is 1. The van der Waals surface area contributed by atoms with Crippen LogP contribution >= 0.6 is 0 Å². The molecule has 1 aromatic carbocycles. The first kappa shape index (κ1) is 17.8. The molecule has 1 spiro atoms. The maximum Gasteiger partial charge on any atom is 0.259 e. The Balaban J connectivity index is 1.45. The van der Waals surface area contributed by atoms with E-state index in [1.54, 1.807) is 30.3 Å². The summed E-state index contributed by atoms with van der Waals surface area (Å²) in [6.45, 7) is 3.36. The number of nitrogens with zero attached hydrogens (tertiary/aromatic N) is 3. The van der Waals surface area contributed by atoms with Gasteiger partial charge in [-0.2, -0.15) is 0 Å². The third-order valence-corrected chi connectivity index (χ3v) is 5.52. The van der Waals surface area contributed by atoms with Gasteiger partial charge in [-0.15, -0.1) is 0 Å². The summed E-state index contributed by atoms with van der Waals surface area (Å²) in [6, 6.07) is 11.8. The van der Waals surface area contributed by atoms with E-state index in [2.05, 4.69) is 22.0 Å². The number of likely N-dealkylation sites (N-methyl/N-ethyl adjacent to an activating group) is 1. The Kier molecular flexibility index (Phi) is 4.74. The molecule has 142 valence electrons. The molecule has 0 saturated carbocycles. The van der Waals surface area contributed by atoms with E-state index in [0.29, 0.717) is 18.0 Å². The standard InChI is InChI=1S/C21H25N3O3/c1-23-15-21(27-19-18(20(23)25)4-3-11-22-19)9-12-24(13-10-21)14-16-5-7-17(26-2)8-6-16/h3-8,11H,9-10,12-15H2,1-2H3. The Labute approximate surface area is 159 Å². The lowest BCUT2D eigenvalue weighted by Crippen LogP contribution is -2.53. The largest absolute Gasteiger partial charge is 0.497 e. The summed E-state index contributed by atoms with van der Waals surface area (Å²) >= 11 is 0. The molecule has 0 N–H and O–H groups in total. The topological polar surface area (TPSA) is 54.9 Å². The minimum Gasteiger partial charge on any atom is -0.497 e. The Bertz CT molecular complexity index is 814. The number of aromatic nitrogens is 1. The highest BCUT2D eigenvalue weighted by molar-refractivity contribution is 5.96. The van der Waals surface area contributed by atoms with Crippen molar-refractivity contribution < 1.29 is 14.3 Å². The van der Waals surface area contributed by atoms with Gasteiger partial charge in [0.25, 0.3) is 5.91 Å². The van der Waals surface area contributed by atoms with Crippen LogP contribution in [0.2, 0.25) is 0 Å². The SMILES string of the molecule is COc1ccc(CN2CCC3(CC2)CN(C)C(=O)c2cccnc2O3)cc1. The Morgan fingerprint density at radius 2 is 1.93 bits per heavy atom. The zero-order chi connectivity index (χ0) is 18.9. The van der Waals surface area contributed by atoms with Crippen LogP contribution in [0.25, 0.3) is 0 Å². The molecule has 2 aliphatic heterocycles. The van der Waals surface area contributed by atoms with Crippen LogP contribution in [0.5, 0.6) is 11.6 Å². The van der Waals surface area contributed by atoms with Crippen molar-refractivity contribution in [2.24, 2.45) is 0 Å². The minimum atomic E-state index is -0.361. The van der Waals surface area contributed by atoms with Gasteiger partial charge in [0.15, 0.2) is 0 Å². The Morgan fingerprint density at radius 3 is 2.63 bits per heavy atom. The van der Waals surface area contributed by atoms with Crippen LogP contribution in [0.15, 0.2) is 42.6 Å². The average Bonchev–Trinajstić information content (AvgIpc) is 2.79. The maximum absolute atomic E-state index is 12.6. The number of carbonyl (C=O) groups is 1. The second-order valence-corrected chi connectivity index (χ2v) is 7.43. The van der Waals surface area contributed by atoms with Crippen molar-refractivity contribution in [1.29, 1.82) is 0 Å². The van der Waals surface area contributed by atoms with Gasteiger partial charge in [-0.05, 0) is 29.8 Å². The predicted molar refractivity (Wildman–Crippen MR) is 102 cm³/mol. The lowest BCUT2D eigenvalue weighted by molar-refractivity contribution is -0.0159. The van der Waals surface area contributed by atoms with Crippen molar-refractivity contribution >= 4 is 5.91 Å². The zero-order valence-electron chi connectivity index (χ0n) is 15.9. The molecule has 0 aliphatic carbocycles. The molecular formula is C21H25N3O3. The summed E-state index contributed by atoms with van der Waals surface area (Å²) in [4.78, 5) is 21.1.